The average Bonchev–Trinajstić information content (AvgIpc) is 3.19. The third-order valence-corrected chi connectivity index (χ3v) is 6.79. The van der Waals surface area contributed by atoms with Gasteiger partial charge in [0.05, 0.1) is 30.7 Å². The van der Waals surface area contributed by atoms with Gasteiger partial charge in [-0.15, -0.1) is 11.3 Å². The highest BCUT2D eigenvalue weighted by molar-refractivity contribution is 7.21. The summed E-state index contributed by atoms with van der Waals surface area (Å²) >= 11 is 0.957. The number of nitrogens with zero attached hydrogens (tertiary/aromatic N) is 2. The number of nitrogen functional groups attached to an aromatic ring is 2. The number of amides is 3. The maximum absolute atomic E-state index is 13.5. The molecule has 0 aliphatic carbocycles. The molecule has 0 saturated heterocycles. The van der Waals surface area contributed by atoms with Gasteiger partial charge in [-0.2, -0.15) is 5.26 Å². The summed E-state index contributed by atoms with van der Waals surface area (Å²) in [5.74, 6) is -1.15. The number of carbonyl (C=O) groups is 3. The summed E-state index contributed by atoms with van der Waals surface area (Å²) in [6, 6.07) is 5.68. The lowest BCUT2D eigenvalue weighted by atomic mass is 9.96. The lowest BCUT2D eigenvalue weighted by molar-refractivity contribution is -0.121. The molecule has 1 atom stereocenters. The van der Waals surface area contributed by atoms with Gasteiger partial charge in [0.15, 0.2) is 0 Å². The van der Waals surface area contributed by atoms with Gasteiger partial charge in [0.25, 0.3) is 5.91 Å². The number of nitrogens with two attached hydrogens (primary N) is 3. The Morgan fingerprint density at radius 1 is 1.12 bits per heavy atom. The SMILES string of the molecule is COc1ccc(-c2c(C#N)c(N)nc3sc(C(N)=O)c(N)c23)cc1NC(=O)C(COC(C)(C)C)NC(=O)OC(C)(C)C. The first kappa shape index (κ1) is 31.9. The third-order valence-electron chi connectivity index (χ3n) is 5.68. The standard InChI is InChI=1S/C28H35N7O6S/c1-27(2,3)40-12-16(34-26(38)41-28(4,5)6)24(37)33-15-10-13(8-9-17(15)39-7)18-14(11-29)22(31)35-25-19(18)20(30)21(42-25)23(32)36/h8-10,16H,12,30H2,1-7H3,(H2,31,35)(H2,32,36)(H,33,37)(H,34,38). The molecule has 8 N–H and O–H groups in total. The van der Waals surface area contributed by atoms with Crippen LogP contribution in [0.3, 0.4) is 0 Å². The normalized spacial score (nSPS) is 12.3. The maximum Gasteiger partial charge on any atom is 0.408 e. The number of nitriles is 1. The zero-order valence-corrected chi connectivity index (χ0v) is 25.3. The molecule has 42 heavy (non-hydrogen) atoms. The van der Waals surface area contributed by atoms with Crippen molar-refractivity contribution in [2.45, 2.75) is 58.8 Å². The van der Waals surface area contributed by atoms with Crippen molar-refractivity contribution in [1.29, 1.82) is 5.26 Å². The first-order chi connectivity index (χ1) is 19.5. The van der Waals surface area contributed by atoms with Gasteiger partial charge in [0.2, 0.25) is 5.91 Å². The Kier molecular flexibility index (Phi) is 9.19. The van der Waals surface area contributed by atoms with Gasteiger partial charge in [-0.1, -0.05) is 6.07 Å². The molecule has 14 heteroatoms. The molecule has 13 nitrogen and oxygen atoms in total. The van der Waals surface area contributed by atoms with E-state index < -0.39 is 35.2 Å². The number of primary amides is 1. The lowest BCUT2D eigenvalue weighted by Gasteiger charge is -2.26. The Morgan fingerprint density at radius 3 is 2.33 bits per heavy atom. The number of rotatable bonds is 8. The van der Waals surface area contributed by atoms with E-state index in [0.29, 0.717) is 21.3 Å². The van der Waals surface area contributed by atoms with Gasteiger partial charge >= 0.3 is 6.09 Å². The van der Waals surface area contributed by atoms with E-state index in [0.717, 1.165) is 11.3 Å². The number of methoxy groups -OCH3 is 1. The van der Waals surface area contributed by atoms with E-state index in [4.69, 9.17) is 31.4 Å². The number of alkyl carbamates (subject to hydrolysis) is 1. The van der Waals surface area contributed by atoms with Crippen LogP contribution in [0.1, 0.15) is 56.8 Å². The molecule has 2 heterocycles. The van der Waals surface area contributed by atoms with Crippen molar-refractivity contribution in [2.75, 3.05) is 30.5 Å². The zero-order chi connectivity index (χ0) is 31.6. The number of anilines is 3. The lowest BCUT2D eigenvalue weighted by Crippen LogP contribution is -2.49. The predicted octanol–water partition coefficient (Wildman–Crippen LogP) is 3.75. The highest BCUT2D eigenvalue weighted by Crippen LogP contribution is 2.43. The van der Waals surface area contributed by atoms with Crippen LogP contribution in [0.2, 0.25) is 0 Å². The van der Waals surface area contributed by atoms with Crippen LogP contribution in [-0.2, 0) is 14.3 Å². The van der Waals surface area contributed by atoms with E-state index in [2.05, 4.69) is 15.6 Å². The summed E-state index contributed by atoms with van der Waals surface area (Å²) in [5, 5.41) is 15.6. The molecule has 2 aromatic heterocycles. The van der Waals surface area contributed by atoms with Crippen molar-refractivity contribution in [3.8, 4) is 22.9 Å². The van der Waals surface area contributed by atoms with Gasteiger partial charge in [-0.25, -0.2) is 9.78 Å². The molecule has 3 aromatic rings. The second kappa shape index (κ2) is 12.1. The maximum atomic E-state index is 13.5. The summed E-state index contributed by atoms with van der Waals surface area (Å²) in [6.45, 7) is 10.4. The quantitative estimate of drug-likeness (QED) is 0.253. The first-order valence-electron chi connectivity index (χ1n) is 12.8. The molecular formula is C28H35N7O6S. The number of hydrogen-bond donors (Lipinski definition) is 5. The monoisotopic (exact) mass is 597 g/mol. The topological polar surface area (TPSA) is 218 Å². The van der Waals surface area contributed by atoms with E-state index in [1.807, 2.05) is 26.8 Å². The van der Waals surface area contributed by atoms with E-state index >= 15 is 0 Å². The molecule has 3 rings (SSSR count). The zero-order valence-electron chi connectivity index (χ0n) is 24.5. The minimum Gasteiger partial charge on any atom is -0.495 e. The Balaban J connectivity index is 2.10. The first-order valence-corrected chi connectivity index (χ1v) is 13.6. The molecular weight excluding hydrogens is 562 g/mol. The van der Waals surface area contributed by atoms with Crippen molar-refractivity contribution in [2.24, 2.45) is 5.73 Å². The van der Waals surface area contributed by atoms with Crippen LogP contribution in [0, 0.1) is 11.3 Å². The van der Waals surface area contributed by atoms with Gasteiger partial charge in [0, 0.05) is 10.9 Å². The number of hydrogen-bond acceptors (Lipinski definition) is 11. The number of carbonyl (C=O) groups excluding carboxylic acids is 3. The van der Waals surface area contributed by atoms with Crippen LogP contribution in [0.4, 0.5) is 22.0 Å². The number of fused-ring (bicyclic) bond motifs is 1. The van der Waals surface area contributed by atoms with Gasteiger partial charge in [0.1, 0.15) is 44.6 Å². The number of nitrogens with one attached hydrogen (secondary N) is 2. The Labute approximate surface area is 247 Å². The van der Waals surface area contributed by atoms with E-state index in [1.54, 1.807) is 39.0 Å². The largest absolute Gasteiger partial charge is 0.495 e. The van der Waals surface area contributed by atoms with Crippen LogP contribution >= 0.6 is 11.3 Å². The number of ether oxygens (including phenoxy) is 3. The molecule has 1 unspecified atom stereocenters. The summed E-state index contributed by atoms with van der Waals surface area (Å²) in [4.78, 5) is 42.7. The average molecular weight is 598 g/mol. The molecule has 0 aliphatic rings. The minimum atomic E-state index is -1.14. The summed E-state index contributed by atoms with van der Waals surface area (Å²) in [7, 11) is 1.42. The smallest absolute Gasteiger partial charge is 0.408 e. The van der Waals surface area contributed by atoms with Crippen molar-refractivity contribution in [3.63, 3.8) is 0 Å². The number of aromatic nitrogens is 1. The Hall–Kier alpha value is -4.61. The van der Waals surface area contributed by atoms with Gasteiger partial charge in [-0.05, 0) is 59.2 Å². The van der Waals surface area contributed by atoms with E-state index in [-0.39, 0.29) is 40.0 Å². The molecule has 0 fully saturated rings. The second-order valence-corrected chi connectivity index (χ2v) is 12.3. The molecule has 0 aliphatic heterocycles. The number of benzene rings is 1. The summed E-state index contributed by atoms with van der Waals surface area (Å²) in [6.07, 6.45) is -0.799. The molecule has 0 bridgehead atoms. The fourth-order valence-corrected chi connectivity index (χ4v) is 4.87. The van der Waals surface area contributed by atoms with Crippen LogP contribution < -0.4 is 32.6 Å². The van der Waals surface area contributed by atoms with E-state index in [1.165, 1.54) is 7.11 Å². The Morgan fingerprint density at radius 2 is 1.79 bits per heavy atom. The predicted molar refractivity (Wildman–Crippen MR) is 161 cm³/mol. The Bertz CT molecular complexity index is 1580. The molecule has 0 radical (unpaired) electrons. The van der Waals surface area contributed by atoms with Crippen LogP contribution in [-0.4, -0.2) is 53.9 Å². The van der Waals surface area contributed by atoms with Crippen molar-refractivity contribution < 1.29 is 28.6 Å². The van der Waals surface area contributed by atoms with Gasteiger partial charge < -0.3 is 42.0 Å². The molecule has 1 aromatic carbocycles. The second-order valence-electron chi connectivity index (χ2n) is 11.3. The molecule has 0 spiro atoms. The fraction of sp³-hybridized carbons (Fsp3) is 0.393. The molecule has 0 saturated carbocycles. The van der Waals surface area contributed by atoms with Crippen molar-refractivity contribution in [3.05, 3.63) is 28.6 Å². The van der Waals surface area contributed by atoms with E-state index in [9.17, 15) is 19.6 Å². The third kappa shape index (κ3) is 7.36. The summed E-state index contributed by atoms with van der Waals surface area (Å²) < 4.78 is 16.6. The van der Waals surface area contributed by atoms with Gasteiger partial charge in [-0.3, -0.25) is 9.59 Å². The minimum absolute atomic E-state index is 0.0218. The molecule has 224 valence electrons. The summed E-state index contributed by atoms with van der Waals surface area (Å²) in [5.41, 5.74) is 17.5. The van der Waals surface area contributed by atoms with Crippen LogP contribution in [0.25, 0.3) is 21.3 Å². The van der Waals surface area contributed by atoms with Crippen molar-refractivity contribution >= 4 is 56.7 Å². The van der Waals surface area contributed by atoms with Crippen LogP contribution in [0.15, 0.2) is 18.2 Å². The number of thiophene rings is 1. The highest BCUT2D eigenvalue weighted by atomic mass is 32.1. The fourth-order valence-electron chi connectivity index (χ4n) is 3.90. The van der Waals surface area contributed by atoms with Crippen molar-refractivity contribution in [1.82, 2.24) is 10.3 Å². The highest BCUT2D eigenvalue weighted by Gasteiger charge is 2.28. The van der Waals surface area contributed by atoms with Crippen LogP contribution in [0.5, 0.6) is 5.75 Å². The molecule has 3 amide bonds. The number of pyridine rings is 1.